The summed E-state index contributed by atoms with van der Waals surface area (Å²) in [5.41, 5.74) is 2.13. The van der Waals surface area contributed by atoms with Crippen LogP contribution in [0.2, 0.25) is 5.02 Å². The third-order valence-corrected chi connectivity index (χ3v) is 4.69. The molecule has 0 amide bonds. The predicted octanol–water partition coefficient (Wildman–Crippen LogP) is 3.12. The van der Waals surface area contributed by atoms with Gasteiger partial charge in [-0.2, -0.15) is 5.10 Å². The Bertz CT molecular complexity index is 441. The molecule has 1 fully saturated rings. The molecule has 4 nitrogen and oxygen atoms in total. The van der Waals surface area contributed by atoms with Crippen LogP contribution in [0.15, 0.2) is 0 Å². The lowest BCUT2D eigenvalue weighted by Crippen LogP contribution is -2.36. The van der Waals surface area contributed by atoms with Gasteiger partial charge in [-0.3, -0.25) is 4.68 Å². The lowest BCUT2D eigenvalue weighted by Gasteiger charge is -2.27. The summed E-state index contributed by atoms with van der Waals surface area (Å²) in [4.78, 5) is 0. The lowest BCUT2D eigenvalue weighted by molar-refractivity contribution is 0.00525. The summed E-state index contributed by atoms with van der Waals surface area (Å²) >= 11 is 6.47. The second-order valence-corrected chi connectivity index (χ2v) is 6.25. The minimum atomic E-state index is 0.389. The second-order valence-electron chi connectivity index (χ2n) is 5.87. The van der Waals surface area contributed by atoms with Crippen LogP contribution in [0.3, 0.4) is 0 Å². The van der Waals surface area contributed by atoms with Gasteiger partial charge in [0, 0.05) is 26.1 Å². The quantitative estimate of drug-likeness (QED) is 0.840. The van der Waals surface area contributed by atoms with Crippen LogP contribution in [0.25, 0.3) is 0 Å². The van der Waals surface area contributed by atoms with Crippen molar-refractivity contribution in [3.05, 3.63) is 16.4 Å². The number of nitrogens with one attached hydrogen (secondary N) is 1. The van der Waals surface area contributed by atoms with Gasteiger partial charge in [-0.1, -0.05) is 25.4 Å². The lowest BCUT2D eigenvalue weighted by atomic mass is 9.98. The van der Waals surface area contributed by atoms with Crippen molar-refractivity contribution >= 4 is 11.6 Å². The molecule has 1 saturated heterocycles. The molecule has 1 aromatic heterocycles. The Hall–Kier alpha value is -0.580. The van der Waals surface area contributed by atoms with Crippen LogP contribution in [0.4, 0.5) is 0 Å². The van der Waals surface area contributed by atoms with Crippen molar-refractivity contribution in [1.82, 2.24) is 15.1 Å². The van der Waals surface area contributed by atoms with E-state index in [1.54, 1.807) is 0 Å². The summed E-state index contributed by atoms with van der Waals surface area (Å²) in [6.45, 7) is 6.12. The molecule has 0 aromatic carbocycles. The summed E-state index contributed by atoms with van der Waals surface area (Å²) in [6.07, 6.45) is 6.91. The molecule has 1 aliphatic rings. The Morgan fingerprint density at radius 1 is 1.43 bits per heavy atom. The Morgan fingerprint density at radius 2 is 2.24 bits per heavy atom. The molecule has 21 heavy (non-hydrogen) atoms. The first-order valence-corrected chi connectivity index (χ1v) is 8.58. The summed E-state index contributed by atoms with van der Waals surface area (Å²) in [6, 6.07) is 0.399. The van der Waals surface area contributed by atoms with Gasteiger partial charge in [0.05, 0.1) is 22.5 Å². The largest absolute Gasteiger partial charge is 0.378 e. The van der Waals surface area contributed by atoms with Gasteiger partial charge in [-0.25, -0.2) is 0 Å². The molecule has 1 aromatic rings. The molecule has 120 valence electrons. The molecular weight excluding hydrogens is 286 g/mol. The Labute approximate surface area is 133 Å². The monoisotopic (exact) mass is 313 g/mol. The van der Waals surface area contributed by atoms with Gasteiger partial charge in [0.1, 0.15) is 0 Å². The number of hydrogen-bond acceptors (Lipinski definition) is 3. The highest BCUT2D eigenvalue weighted by Gasteiger charge is 2.22. The number of ether oxygens (including phenoxy) is 1. The SMILES string of the molecule is CCNC(Cc1c(Cl)c(CC)nn1C)CC1CCCCO1. The van der Waals surface area contributed by atoms with E-state index < -0.39 is 0 Å². The molecule has 1 N–H and O–H groups in total. The third kappa shape index (κ3) is 4.44. The first-order chi connectivity index (χ1) is 10.2. The van der Waals surface area contributed by atoms with Crippen molar-refractivity contribution in [3.63, 3.8) is 0 Å². The average molecular weight is 314 g/mol. The van der Waals surface area contributed by atoms with E-state index >= 15 is 0 Å². The maximum Gasteiger partial charge on any atom is 0.0850 e. The second kappa shape index (κ2) is 8.16. The molecule has 0 aliphatic carbocycles. The zero-order valence-corrected chi connectivity index (χ0v) is 14.2. The van der Waals surface area contributed by atoms with Crippen molar-refractivity contribution in [2.45, 2.75) is 64.5 Å². The standard InChI is InChI=1S/C16H28ClN3O/c1-4-14-16(17)15(20(3)19-14)11-12(18-5-2)10-13-8-6-7-9-21-13/h12-13,18H,4-11H2,1-3H3. The molecule has 2 heterocycles. The van der Waals surface area contributed by atoms with E-state index in [1.165, 1.54) is 19.3 Å². The van der Waals surface area contributed by atoms with E-state index in [0.29, 0.717) is 12.1 Å². The number of aryl methyl sites for hydroxylation is 2. The number of halogens is 1. The fraction of sp³-hybridized carbons (Fsp3) is 0.812. The van der Waals surface area contributed by atoms with E-state index in [9.17, 15) is 0 Å². The normalized spacial score (nSPS) is 20.7. The maximum absolute atomic E-state index is 6.47. The van der Waals surface area contributed by atoms with Gasteiger partial charge in [0.25, 0.3) is 0 Å². The van der Waals surface area contributed by atoms with Crippen molar-refractivity contribution in [1.29, 1.82) is 0 Å². The number of aromatic nitrogens is 2. The molecule has 0 spiro atoms. The topological polar surface area (TPSA) is 39.1 Å². The molecule has 2 unspecified atom stereocenters. The maximum atomic E-state index is 6.47. The van der Waals surface area contributed by atoms with Crippen LogP contribution in [0.1, 0.15) is 50.9 Å². The number of nitrogens with zero attached hydrogens (tertiary/aromatic N) is 2. The molecular formula is C16H28ClN3O. The average Bonchev–Trinajstić information content (AvgIpc) is 2.76. The van der Waals surface area contributed by atoms with Crippen LogP contribution in [0, 0.1) is 0 Å². The molecule has 5 heteroatoms. The van der Waals surface area contributed by atoms with Gasteiger partial charge >= 0.3 is 0 Å². The highest BCUT2D eigenvalue weighted by atomic mass is 35.5. The summed E-state index contributed by atoms with van der Waals surface area (Å²) < 4.78 is 7.82. The fourth-order valence-corrected chi connectivity index (χ4v) is 3.48. The summed E-state index contributed by atoms with van der Waals surface area (Å²) in [5.74, 6) is 0. The first kappa shape index (κ1) is 16.8. The number of hydrogen-bond donors (Lipinski definition) is 1. The van der Waals surface area contributed by atoms with E-state index in [4.69, 9.17) is 16.3 Å². The first-order valence-electron chi connectivity index (χ1n) is 8.20. The minimum Gasteiger partial charge on any atom is -0.378 e. The third-order valence-electron chi connectivity index (χ3n) is 4.26. The van der Waals surface area contributed by atoms with E-state index in [-0.39, 0.29) is 0 Å². The van der Waals surface area contributed by atoms with Crippen LogP contribution in [0.5, 0.6) is 0 Å². The van der Waals surface area contributed by atoms with Gasteiger partial charge in [-0.05, 0) is 38.6 Å². The zero-order valence-electron chi connectivity index (χ0n) is 13.5. The molecule has 2 rings (SSSR count). The number of rotatable bonds is 7. The van der Waals surface area contributed by atoms with Crippen LogP contribution < -0.4 is 5.32 Å². The van der Waals surface area contributed by atoms with Crippen molar-refractivity contribution in [2.24, 2.45) is 7.05 Å². The van der Waals surface area contributed by atoms with Crippen LogP contribution >= 0.6 is 11.6 Å². The Kier molecular flexibility index (Phi) is 6.52. The van der Waals surface area contributed by atoms with Crippen molar-refractivity contribution in [3.8, 4) is 0 Å². The Morgan fingerprint density at radius 3 is 2.81 bits per heavy atom. The van der Waals surface area contributed by atoms with Gasteiger partial charge < -0.3 is 10.1 Å². The number of likely N-dealkylation sites (N-methyl/N-ethyl adjacent to an activating group) is 1. The van der Waals surface area contributed by atoms with E-state index in [1.807, 2.05) is 11.7 Å². The van der Waals surface area contributed by atoms with Gasteiger partial charge in [-0.15, -0.1) is 0 Å². The molecule has 2 atom stereocenters. The smallest absolute Gasteiger partial charge is 0.0850 e. The van der Waals surface area contributed by atoms with Crippen LogP contribution in [-0.4, -0.2) is 35.1 Å². The fourth-order valence-electron chi connectivity index (χ4n) is 3.11. The summed E-state index contributed by atoms with van der Waals surface area (Å²) in [5, 5.41) is 8.93. The molecule has 1 aliphatic heterocycles. The molecule has 0 bridgehead atoms. The van der Waals surface area contributed by atoms with Gasteiger partial charge in [0.2, 0.25) is 0 Å². The zero-order chi connectivity index (χ0) is 15.2. The minimum absolute atomic E-state index is 0.389. The Balaban J connectivity index is 2.03. The van der Waals surface area contributed by atoms with Crippen molar-refractivity contribution < 1.29 is 4.74 Å². The highest BCUT2D eigenvalue weighted by Crippen LogP contribution is 2.24. The molecule has 0 saturated carbocycles. The molecule has 0 radical (unpaired) electrons. The van der Waals surface area contributed by atoms with Gasteiger partial charge in [0.15, 0.2) is 0 Å². The summed E-state index contributed by atoms with van der Waals surface area (Å²) in [7, 11) is 1.99. The highest BCUT2D eigenvalue weighted by molar-refractivity contribution is 6.31. The van der Waals surface area contributed by atoms with Crippen molar-refractivity contribution in [2.75, 3.05) is 13.2 Å². The van der Waals surface area contributed by atoms with Crippen LogP contribution in [-0.2, 0) is 24.6 Å². The van der Waals surface area contributed by atoms with E-state index in [2.05, 4.69) is 24.3 Å². The van der Waals surface area contributed by atoms with E-state index in [0.717, 1.165) is 48.8 Å². The predicted molar refractivity (Wildman–Crippen MR) is 87.0 cm³/mol.